The second-order valence-electron chi connectivity index (χ2n) is 5.58. The van der Waals surface area contributed by atoms with Crippen LogP contribution in [0.2, 0.25) is 0 Å². The molecule has 1 aromatic rings. The first-order valence-corrected chi connectivity index (χ1v) is 6.26. The topological polar surface area (TPSA) is 9.23 Å². The van der Waals surface area contributed by atoms with Gasteiger partial charge in [0.15, 0.2) is 0 Å². The fourth-order valence-corrected chi connectivity index (χ4v) is 2.59. The fraction of sp³-hybridized carbons (Fsp3) is 0.375. The third-order valence-corrected chi connectivity index (χ3v) is 3.95. The predicted octanol–water partition coefficient (Wildman–Crippen LogP) is 4.17. The van der Waals surface area contributed by atoms with E-state index in [0.29, 0.717) is 0 Å². The Kier molecular flexibility index (Phi) is 2.19. The van der Waals surface area contributed by atoms with Crippen LogP contribution in [-0.4, -0.2) is 5.60 Å². The van der Waals surface area contributed by atoms with E-state index in [4.69, 9.17) is 4.74 Å². The number of fused-ring (bicyclic) bond motifs is 2. The number of hydrogen-bond acceptors (Lipinski definition) is 1. The van der Waals surface area contributed by atoms with Crippen molar-refractivity contribution in [3.05, 3.63) is 53.8 Å². The number of hydrogen-bond donors (Lipinski definition) is 0. The molecule has 1 saturated heterocycles. The molecule has 0 spiro atoms. The van der Waals surface area contributed by atoms with Gasteiger partial charge in [-0.25, -0.2) is 0 Å². The molecule has 3 aliphatic rings. The van der Waals surface area contributed by atoms with Gasteiger partial charge in [-0.1, -0.05) is 36.4 Å². The largest absolute Gasteiger partial charge is 0.487 e. The number of rotatable bonds is 1. The van der Waals surface area contributed by atoms with E-state index in [1.54, 1.807) is 0 Å². The van der Waals surface area contributed by atoms with Gasteiger partial charge >= 0.3 is 0 Å². The first-order valence-electron chi connectivity index (χ1n) is 6.26. The highest BCUT2D eigenvalue weighted by atomic mass is 16.5. The summed E-state index contributed by atoms with van der Waals surface area (Å²) in [6.45, 7) is 4.43. The van der Waals surface area contributed by atoms with Crippen molar-refractivity contribution < 1.29 is 4.74 Å². The predicted molar refractivity (Wildman–Crippen MR) is 70.4 cm³/mol. The van der Waals surface area contributed by atoms with E-state index in [1.165, 1.54) is 12.0 Å². The van der Waals surface area contributed by atoms with Crippen molar-refractivity contribution in [2.75, 3.05) is 0 Å². The van der Waals surface area contributed by atoms with E-state index in [1.807, 2.05) is 6.07 Å². The fourth-order valence-electron chi connectivity index (χ4n) is 2.59. The average molecular weight is 226 g/mol. The zero-order chi connectivity index (χ0) is 11.9. The maximum absolute atomic E-state index is 6.15. The molecule has 1 aliphatic carbocycles. The van der Waals surface area contributed by atoms with Gasteiger partial charge in [0.25, 0.3) is 0 Å². The lowest BCUT2D eigenvalue weighted by molar-refractivity contribution is -0.0299. The zero-order valence-electron chi connectivity index (χ0n) is 10.4. The third kappa shape index (κ3) is 1.80. The summed E-state index contributed by atoms with van der Waals surface area (Å²) >= 11 is 0. The molecule has 0 amide bonds. The quantitative estimate of drug-likeness (QED) is 0.653. The van der Waals surface area contributed by atoms with E-state index in [0.717, 1.165) is 12.2 Å². The molecule has 2 unspecified atom stereocenters. The van der Waals surface area contributed by atoms with Crippen molar-refractivity contribution in [2.24, 2.45) is 5.41 Å². The molecule has 4 rings (SSSR count). The van der Waals surface area contributed by atoms with Crippen LogP contribution in [0.3, 0.4) is 0 Å². The molecule has 1 nitrogen and oxygen atoms in total. The van der Waals surface area contributed by atoms with Crippen LogP contribution in [0.15, 0.2) is 48.2 Å². The summed E-state index contributed by atoms with van der Waals surface area (Å²) in [6.07, 6.45) is 9.01. The van der Waals surface area contributed by atoms with Crippen LogP contribution >= 0.6 is 0 Å². The minimum Gasteiger partial charge on any atom is -0.487 e. The summed E-state index contributed by atoms with van der Waals surface area (Å²) in [5.41, 5.74) is 1.22. The second-order valence-corrected chi connectivity index (χ2v) is 5.58. The van der Waals surface area contributed by atoms with Gasteiger partial charge in [0.2, 0.25) is 0 Å². The van der Waals surface area contributed by atoms with Gasteiger partial charge in [0, 0.05) is 5.41 Å². The van der Waals surface area contributed by atoms with Gasteiger partial charge in [-0.05, 0) is 44.4 Å². The van der Waals surface area contributed by atoms with Gasteiger partial charge in [-0.2, -0.15) is 0 Å². The number of benzene rings is 1. The summed E-state index contributed by atoms with van der Waals surface area (Å²) < 4.78 is 6.15. The Morgan fingerprint density at radius 3 is 2.47 bits per heavy atom. The molecule has 1 fully saturated rings. The Morgan fingerprint density at radius 1 is 1.06 bits per heavy atom. The van der Waals surface area contributed by atoms with Crippen LogP contribution < -0.4 is 0 Å². The number of ether oxygens (including phenoxy) is 1. The SMILES string of the molecule is CC12C=CC(C)(CC1)C(=Cc1ccccc1)O2. The van der Waals surface area contributed by atoms with Gasteiger partial charge in [-0.15, -0.1) is 0 Å². The number of allylic oxidation sites excluding steroid dienone is 1. The van der Waals surface area contributed by atoms with Gasteiger partial charge in [0.05, 0.1) is 0 Å². The van der Waals surface area contributed by atoms with E-state index in [2.05, 4.69) is 56.3 Å². The Balaban J connectivity index is 2.00. The van der Waals surface area contributed by atoms with Gasteiger partial charge in [0.1, 0.15) is 11.4 Å². The molecule has 1 aromatic carbocycles. The Morgan fingerprint density at radius 2 is 1.82 bits per heavy atom. The van der Waals surface area contributed by atoms with E-state index in [-0.39, 0.29) is 11.0 Å². The molecule has 0 N–H and O–H groups in total. The first kappa shape index (κ1) is 10.6. The highest BCUT2D eigenvalue weighted by Crippen LogP contribution is 2.50. The Bertz CT molecular complexity index is 486. The minimum absolute atomic E-state index is 0.0849. The summed E-state index contributed by atoms with van der Waals surface area (Å²) in [5.74, 6) is 1.11. The van der Waals surface area contributed by atoms with Crippen molar-refractivity contribution in [1.82, 2.24) is 0 Å². The Hall–Kier alpha value is -1.50. The lowest BCUT2D eigenvalue weighted by atomic mass is 9.71. The minimum atomic E-state index is -0.0849. The average Bonchev–Trinajstić information content (AvgIpc) is 2.33. The standard InChI is InChI=1S/C16H18O/c1-15-8-10-16(2,11-9-15)17-14(15)12-13-6-4-3-5-7-13/h3-8,10,12H,9,11H2,1-2H3. The lowest BCUT2D eigenvalue weighted by Crippen LogP contribution is -2.42. The summed E-state index contributed by atoms with van der Waals surface area (Å²) in [7, 11) is 0. The molecule has 1 heteroatoms. The van der Waals surface area contributed by atoms with Crippen LogP contribution in [0.5, 0.6) is 0 Å². The molecule has 0 aromatic heterocycles. The van der Waals surface area contributed by atoms with Crippen molar-refractivity contribution >= 4 is 6.08 Å². The van der Waals surface area contributed by atoms with E-state index in [9.17, 15) is 0 Å². The smallest absolute Gasteiger partial charge is 0.124 e. The summed E-state index contributed by atoms with van der Waals surface area (Å²) in [6, 6.07) is 10.4. The van der Waals surface area contributed by atoms with Crippen molar-refractivity contribution in [1.29, 1.82) is 0 Å². The monoisotopic (exact) mass is 226 g/mol. The second kappa shape index (κ2) is 3.49. The summed E-state index contributed by atoms with van der Waals surface area (Å²) in [4.78, 5) is 0. The normalized spacial score (nSPS) is 37.2. The van der Waals surface area contributed by atoms with Gasteiger partial charge < -0.3 is 4.74 Å². The molecule has 17 heavy (non-hydrogen) atoms. The third-order valence-electron chi connectivity index (χ3n) is 3.95. The van der Waals surface area contributed by atoms with Crippen molar-refractivity contribution in [3.8, 4) is 0 Å². The van der Waals surface area contributed by atoms with E-state index < -0.39 is 0 Å². The molecule has 2 atom stereocenters. The molecular formula is C16H18O. The first-order chi connectivity index (χ1) is 8.10. The van der Waals surface area contributed by atoms with Crippen molar-refractivity contribution in [3.63, 3.8) is 0 Å². The van der Waals surface area contributed by atoms with Crippen molar-refractivity contribution in [2.45, 2.75) is 32.3 Å². The highest BCUT2D eigenvalue weighted by Gasteiger charge is 2.44. The Labute approximate surface area is 103 Å². The molecule has 2 bridgehead atoms. The lowest BCUT2D eigenvalue weighted by Gasteiger charge is -2.47. The van der Waals surface area contributed by atoms with Crippen LogP contribution in [-0.2, 0) is 4.74 Å². The van der Waals surface area contributed by atoms with Crippen LogP contribution in [0.1, 0.15) is 32.3 Å². The highest BCUT2D eigenvalue weighted by molar-refractivity contribution is 5.54. The molecule has 2 aliphatic heterocycles. The maximum atomic E-state index is 6.15. The van der Waals surface area contributed by atoms with E-state index >= 15 is 0 Å². The molecule has 0 saturated carbocycles. The molecular weight excluding hydrogens is 208 g/mol. The molecule has 0 radical (unpaired) electrons. The van der Waals surface area contributed by atoms with Crippen LogP contribution in [0.4, 0.5) is 0 Å². The summed E-state index contributed by atoms with van der Waals surface area (Å²) in [5, 5.41) is 0. The zero-order valence-corrected chi connectivity index (χ0v) is 10.4. The van der Waals surface area contributed by atoms with Crippen LogP contribution in [0, 0.1) is 5.41 Å². The molecule has 2 heterocycles. The van der Waals surface area contributed by atoms with Crippen LogP contribution in [0.25, 0.3) is 6.08 Å². The maximum Gasteiger partial charge on any atom is 0.124 e. The molecule has 88 valence electrons. The van der Waals surface area contributed by atoms with Gasteiger partial charge in [-0.3, -0.25) is 0 Å².